The maximum Gasteiger partial charge on any atom is 0.260 e. The third-order valence-corrected chi connectivity index (χ3v) is 3.49. The van der Waals surface area contributed by atoms with Crippen molar-refractivity contribution in [1.82, 2.24) is 4.90 Å². The van der Waals surface area contributed by atoms with E-state index < -0.39 is 0 Å². The molecule has 1 aliphatic rings. The Balaban J connectivity index is 0.00000180. The molecule has 0 bridgehead atoms. The van der Waals surface area contributed by atoms with Gasteiger partial charge < -0.3 is 15.4 Å². The van der Waals surface area contributed by atoms with Crippen LogP contribution in [0.2, 0.25) is 5.02 Å². The largest absolute Gasteiger partial charge is 0.484 e. The molecule has 0 unspecified atom stereocenters. The Hall–Kier alpha value is -0.970. The summed E-state index contributed by atoms with van der Waals surface area (Å²) >= 11 is 5.92. The smallest absolute Gasteiger partial charge is 0.260 e. The second-order valence-corrected chi connectivity index (χ2v) is 5.00. The molecule has 0 aromatic heterocycles. The van der Waals surface area contributed by atoms with Crippen molar-refractivity contribution in [3.05, 3.63) is 28.8 Å². The van der Waals surface area contributed by atoms with Crippen LogP contribution < -0.4 is 10.5 Å². The minimum Gasteiger partial charge on any atom is -0.484 e. The lowest BCUT2D eigenvalue weighted by atomic mass is 10.2. The van der Waals surface area contributed by atoms with Gasteiger partial charge in [-0.25, -0.2) is 0 Å². The zero-order valence-electron chi connectivity index (χ0n) is 10.8. The standard InChI is InChI=1S/C13H17ClN2O2.ClH/c1-9-6-11(2-3-12(9)14)18-8-13(17)16-5-4-10(15)7-16;/h2-3,6,10H,4-5,7-8,15H2,1H3;1H/t10-;/m1./s1. The fourth-order valence-corrected chi connectivity index (χ4v) is 2.07. The van der Waals surface area contributed by atoms with E-state index in [1.54, 1.807) is 17.0 Å². The topological polar surface area (TPSA) is 55.6 Å². The normalized spacial score (nSPS) is 18.1. The molecule has 1 heterocycles. The average molecular weight is 305 g/mol. The number of hydrogen-bond acceptors (Lipinski definition) is 3. The first-order valence-electron chi connectivity index (χ1n) is 5.98. The van der Waals surface area contributed by atoms with Crippen molar-refractivity contribution >= 4 is 29.9 Å². The summed E-state index contributed by atoms with van der Waals surface area (Å²) in [6.07, 6.45) is 0.867. The molecule has 0 saturated carbocycles. The van der Waals surface area contributed by atoms with Gasteiger partial charge in [-0.05, 0) is 37.1 Å². The van der Waals surface area contributed by atoms with E-state index in [2.05, 4.69) is 0 Å². The maximum absolute atomic E-state index is 11.8. The van der Waals surface area contributed by atoms with Crippen LogP contribution in [0.1, 0.15) is 12.0 Å². The molecular weight excluding hydrogens is 287 g/mol. The number of nitrogens with zero attached hydrogens (tertiary/aromatic N) is 1. The molecule has 106 valence electrons. The fraction of sp³-hybridized carbons (Fsp3) is 0.462. The molecule has 2 N–H and O–H groups in total. The number of amides is 1. The molecule has 0 spiro atoms. The number of carbonyl (C=O) groups is 1. The van der Waals surface area contributed by atoms with E-state index in [9.17, 15) is 4.79 Å². The second kappa shape index (κ2) is 6.98. The Kier molecular flexibility index (Phi) is 5.91. The molecule has 1 amide bonds. The third-order valence-electron chi connectivity index (χ3n) is 3.07. The number of rotatable bonds is 3. The number of nitrogens with two attached hydrogens (primary N) is 1. The minimum absolute atomic E-state index is 0. The van der Waals surface area contributed by atoms with Crippen LogP contribution >= 0.6 is 24.0 Å². The highest BCUT2D eigenvalue weighted by atomic mass is 35.5. The van der Waals surface area contributed by atoms with Crippen molar-refractivity contribution < 1.29 is 9.53 Å². The highest BCUT2D eigenvalue weighted by Gasteiger charge is 2.23. The number of benzene rings is 1. The van der Waals surface area contributed by atoms with E-state index in [1.807, 2.05) is 13.0 Å². The monoisotopic (exact) mass is 304 g/mol. The van der Waals surface area contributed by atoms with Gasteiger partial charge in [0.05, 0.1) is 0 Å². The highest BCUT2D eigenvalue weighted by molar-refractivity contribution is 6.31. The molecule has 1 aromatic carbocycles. The van der Waals surface area contributed by atoms with Crippen LogP contribution in [0.5, 0.6) is 5.75 Å². The Morgan fingerprint density at radius 2 is 2.32 bits per heavy atom. The van der Waals surface area contributed by atoms with E-state index in [0.717, 1.165) is 18.5 Å². The lowest BCUT2D eigenvalue weighted by Gasteiger charge is -2.16. The van der Waals surface area contributed by atoms with Crippen molar-refractivity contribution in [2.45, 2.75) is 19.4 Å². The van der Waals surface area contributed by atoms with Crippen LogP contribution in [0.3, 0.4) is 0 Å². The number of likely N-dealkylation sites (tertiary alicyclic amines) is 1. The van der Waals surface area contributed by atoms with Gasteiger partial charge in [0.25, 0.3) is 5.91 Å². The van der Waals surface area contributed by atoms with Gasteiger partial charge in [0.15, 0.2) is 6.61 Å². The van der Waals surface area contributed by atoms with Crippen molar-refractivity contribution in [3.8, 4) is 5.75 Å². The van der Waals surface area contributed by atoms with Crippen LogP contribution in [0.25, 0.3) is 0 Å². The molecule has 1 saturated heterocycles. The summed E-state index contributed by atoms with van der Waals surface area (Å²) in [6.45, 7) is 3.30. The molecular formula is C13H18Cl2N2O2. The summed E-state index contributed by atoms with van der Waals surface area (Å²) < 4.78 is 5.46. The first-order chi connectivity index (χ1) is 8.56. The molecule has 1 atom stereocenters. The quantitative estimate of drug-likeness (QED) is 0.929. The van der Waals surface area contributed by atoms with Gasteiger partial charge >= 0.3 is 0 Å². The first kappa shape index (κ1) is 16.1. The maximum atomic E-state index is 11.8. The lowest BCUT2D eigenvalue weighted by molar-refractivity contribution is -0.132. The van der Waals surface area contributed by atoms with E-state index in [1.165, 1.54) is 0 Å². The third kappa shape index (κ3) is 4.27. The average Bonchev–Trinajstić information content (AvgIpc) is 2.77. The Bertz CT molecular complexity index is 454. The van der Waals surface area contributed by atoms with Gasteiger partial charge in [-0.1, -0.05) is 11.6 Å². The van der Waals surface area contributed by atoms with E-state index in [4.69, 9.17) is 22.1 Å². The molecule has 1 aromatic rings. The Morgan fingerprint density at radius 3 is 2.89 bits per heavy atom. The summed E-state index contributed by atoms with van der Waals surface area (Å²) in [5.41, 5.74) is 6.69. The lowest BCUT2D eigenvalue weighted by Crippen LogP contribution is -2.35. The number of hydrogen-bond donors (Lipinski definition) is 1. The van der Waals surface area contributed by atoms with Gasteiger partial charge in [-0.3, -0.25) is 4.79 Å². The van der Waals surface area contributed by atoms with Gasteiger partial charge in [0.1, 0.15) is 5.75 Å². The number of ether oxygens (including phenoxy) is 1. The van der Waals surface area contributed by atoms with Crippen LogP contribution in [-0.2, 0) is 4.79 Å². The molecule has 1 fully saturated rings. The van der Waals surface area contributed by atoms with Gasteiger partial charge in [-0.2, -0.15) is 0 Å². The first-order valence-corrected chi connectivity index (χ1v) is 6.36. The summed E-state index contributed by atoms with van der Waals surface area (Å²) in [6, 6.07) is 5.46. The van der Waals surface area contributed by atoms with Crippen LogP contribution in [0, 0.1) is 6.92 Å². The fourth-order valence-electron chi connectivity index (χ4n) is 1.96. The predicted molar refractivity (Wildman–Crippen MR) is 78.1 cm³/mol. The SMILES string of the molecule is Cc1cc(OCC(=O)N2CC[C@@H](N)C2)ccc1Cl.Cl. The Labute approximate surface area is 124 Å². The predicted octanol–water partition coefficient (Wildman–Crippen LogP) is 2.01. The molecule has 0 aliphatic carbocycles. The van der Waals surface area contributed by atoms with E-state index in [-0.39, 0.29) is 31.0 Å². The van der Waals surface area contributed by atoms with Crippen LogP contribution in [-0.4, -0.2) is 36.5 Å². The zero-order valence-corrected chi connectivity index (χ0v) is 12.3. The molecule has 4 nitrogen and oxygen atoms in total. The van der Waals surface area contributed by atoms with Gasteiger partial charge in [0.2, 0.25) is 0 Å². The van der Waals surface area contributed by atoms with Crippen LogP contribution in [0.4, 0.5) is 0 Å². The summed E-state index contributed by atoms with van der Waals surface area (Å²) in [5, 5.41) is 0.694. The molecule has 19 heavy (non-hydrogen) atoms. The van der Waals surface area contributed by atoms with Crippen molar-refractivity contribution in [2.75, 3.05) is 19.7 Å². The van der Waals surface area contributed by atoms with E-state index in [0.29, 0.717) is 17.3 Å². The number of carbonyl (C=O) groups excluding carboxylic acids is 1. The number of aryl methyl sites for hydroxylation is 1. The van der Waals surface area contributed by atoms with Gasteiger partial charge in [-0.15, -0.1) is 12.4 Å². The molecule has 1 aliphatic heterocycles. The zero-order chi connectivity index (χ0) is 13.1. The number of halogens is 2. The van der Waals surface area contributed by atoms with Crippen molar-refractivity contribution in [1.29, 1.82) is 0 Å². The molecule has 0 radical (unpaired) electrons. The van der Waals surface area contributed by atoms with Crippen molar-refractivity contribution in [3.63, 3.8) is 0 Å². The summed E-state index contributed by atoms with van der Waals surface area (Å²) in [4.78, 5) is 13.6. The van der Waals surface area contributed by atoms with E-state index >= 15 is 0 Å². The summed E-state index contributed by atoms with van der Waals surface area (Å²) in [7, 11) is 0. The molecule has 6 heteroatoms. The second-order valence-electron chi connectivity index (χ2n) is 4.59. The molecule has 2 rings (SSSR count). The van der Waals surface area contributed by atoms with Crippen molar-refractivity contribution in [2.24, 2.45) is 5.73 Å². The minimum atomic E-state index is -0.0180. The van der Waals surface area contributed by atoms with Crippen LogP contribution in [0.15, 0.2) is 18.2 Å². The van der Waals surface area contributed by atoms with Gasteiger partial charge in [0, 0.05) is 24.2 Å². The summed E-state index contributed by atoms with van der Waals surface area (Å²) in [5.74, 6) is 0.643. The Morgan fingerprint density at radius 1 is 1.58 bits per heavy atom. The highest BCUT2D eigenvalue weighted by Crippen LogP contribution is 2.21.